The van der Waals surface area contributed by atoms with Gasteiger partial charge in [-0.1, -0.05) is 30.3 Å². The van der Waals surface area contributed by atoms with E-state index in [1.54, 1.807) is 6.33 Å². The fourth-order valence-electron chi connectivity index (χ4n) is 2.90. The number of carbonyl (C=O) groups is 1. The second-order valence-corrected chi connectivity index (χ2v) is 6.09. The molecule has 24 heavy (non-hydrogen) atoms. The minimum Gasteiger partial charge on any atom is -0.368 e. The van der Waals surface area contributed by atoms with Gasteiger partial charge in [0.2, 0.25) is 5.91 Å². The maximum Gasteiger partial charge on any atom is 0.234 e. The number of hydrogen-bond donors (Lipinski definition) is 1. The molecule has 0 unspecified atom stereocenters. The van der Waals surface area contributed by atoms with Gasteiger partial charge < -0.3 is 14.6 Å². The van der Waals surface area contributed by atoms with Gasteiger partial charge in [-0.2, -0.15) is 0 Å². The smallest absolute Gasteiger partial charge is 0.234 e. The fraction of sp³-hybridized carbons (Fsp3) is 0.471. The van der Waals surface area contributed by atoms with Crippen molar-refractivity contribution >= 4 is 5.91 Å². The Balaban J connectivity index is 1.53. The number of aromatic nitrogens is 3. The Labute approximate surface area is 141 Å². The first-order chi connectivity index (χ1) is 11.6. The second kappa shape index (κ2) is 7.55. The Morgan fingerprint density at radius 3 is 2.92 bits per heavy atom. The van der Waals surface area contributed by atoms with E-state index in [0.717, 1.165) is 17.9 Å². The molecule has 1 aliphatic rings. The third-order valence-corrected chi connectivity index (χ3v) is 4.23. The summed E-state index contributed by atoms with van der Waals surface area (Å²) < 4.78 is 7.62. The summed E-state index contributed by atoms with van der Waals surface area (Å²) in [7, 11) is 1.89. The van der Waals surface area contributed by atoms with Crippen molar-refractivity contribution in [3.05, 3.63) is 48.0 Å². The predicted molar refractivity (Wildman–Crippen MR) is 89.1 cm³/mol. The SMILES string of the molecule is C[C@H](NC(=O)CN1CCO[C@@H](c2nncn2C)C1)c1ccccc1. The summed E-state index contributed by atoms with van der Waals surface area (Å²) in [5.41, 5.74) is 1.10. The van der Waals surface area contributed by atoms with E-state index in [9.17, 15) is 4.79 Å². The molecule has 0 saturated carbocycles. The fourth-order valence-corrected chi connectivity index (χ4v) is 2.90. The Morgan fingerprint density at radius 1 is 1.42 bits per heavy atom. The first kappa shape index (κ1) is 16.6. The molecule has 0 radical (unpaired) electrons. The summed E-state index contributed by atoms with van der Waals surface area (Å²) in [5.74, 6) is 0.808. The average Bonchev–Trinajstić information content (AvgIpc) is 3.02. The number of amides is 1. The number of hydrogen-bond acceptors (Lipinski definition) is 5. The molecule has 1 aromatic carbocycles. The highest BCUT2D eigenvalue weighted by molar-refractivity contribution is 5.78. The van der Waals surface area contributed by atoms with Gasteiger partial charge in [0.15, 0.2) is 5.82 Å². The lowest BCUT2D eigenvalue weighted by Gasteiger charge is -2.32. The minimum atomic E-state index is -0.148. The van der Waals surface area contributed by atoms with Crippen molar-refractivity contribution in [3.63, 3.8) is 0 Å². The number of carbonyl (C=O) groups excluding carboxylic acids is 1. The standard InChI is InChI=1S/C17H23N5O2/c1-13(14-6-4-3-5-7-14)19-16(23)11-22-8-9-24-15(10-22)17-20-18-12-21(17)2/h3-7,12-13,15H,8-11H2,1-2H3,(H,19,23)/t13-,15+/m0/s1. The molecular formula is C17H23N5O2. The maximum atomic E-state index is 12.3. The first-order valence-corrected chi connectivity index (χ1v) is 8.15. The molecule has 3 rings (SSSR count). The van der Waals surface area contributed by atoms with Crippen LogP contribution in [0.5, 0.6) is 0 Å². The van der Waals surface area contributed by atoms with Crippen molar-refractivity contribution in [3.8, 4) is 0 Å². The molecule has 1 aliphatic heterocycles. The van der Waals surface area contributed by atoms with Gasteiger partial charge in [0.05, 0.1) is 19.2 Å². The third kappa shape index (κ3) is 3.98. The van der Waals surface area contributed by atoms with Crippen molar-refractivity contribution in [1.82, 2.24) is 25.0 Å². The zero-order valence-electron chi connectivity index (χ0n) is 14.1. The largest absolute Gasteiger partial charge is 0.368 e. The number of rotatable bonds is 5. The molecule has 1 amide bonds. The lowest BCUT2D eigenvalue weighted by Crippen LogP contribution is -2.45. The summed E-state index contributed by atoms with van der Waals surface area (Å²) in [4.78, 5) is 14.4. The van der Waals surface area contributed by atoms with Gasteiger partial charge in [0, 0.05) is 20.1 Å². The van der Waals surface area contributed by atoms with E-state index < -0.39 is 0 Å². The molecule has 0 spiro atoms. The normalized spacial score (nSPS) is 19.8. The molecule has 128 valence electrons. The summed E-state index contributed by atoms with van der Waals surface area (Å²) >= 11 is 0. The van der Waals surface area contributed by atoms with Crippen LogP contribution in [0, 0.1) is 0 Å². The number of morpholine rings is 1. The molecule has 7 nitrogen and oxygen atoms in total. The van der Waals surface area contributed by atoms with Crippen LogP contribution in [0.4, 0.5) is 0 Å². The van der Waals surface area contributed by atoms with Crippen LogP contribution < -0.4 is 5.32 Å². The number of aryl methyl sites for hydroxylation is 1. The molecule has 2 aromatic rings. The summed E-state index contributed by atoms with van der Waals surface area (Å²) in [6.07, 6.45) is 1.51. The van der Waals surface area contributed by atoms with Crippen molar-refractivity contribution in [2.45, 2.75) is 19.1 Å². The van der Waals surface area contributed by atoms with Crippen molar-refractivity contribution in [1.29, 1.82) is 0 Å². The molecule has 2 heterocycles. The zero-order chi connectivity index (χ0) is 16.9. The van der Waals surface area contributed by atoms with E-state index in [-0.39, 0.29) is 18.1 Å². The van der Waals surface area contributed by atoms with Crippen LogP contribution in [0.3, 0.4) is 0 Å². The summed E-state index contributed by atoms with van der Waals surface area (Å²) in [5, 5.41) is 11.0. The van der Waals surface area contributed by atoms with E-state index >= 15 is 0 Å². The van der Waals surface area contributed by atoms with Crippen LogP contribution >= 0.6 is 0 Å². The molecule has 0 aliphatic carbocycles. The van der Waals surface area contributed by atoms with Crippen LogP contribution in [0.1, 0.15) is 30.5 Å². The summed E-state index contributed by atoms with van der Waals surface area (Å²) in [6.45, 7) is 4.31. The van der Waals surface area contributed by atoms with Crippen molar-refractivity contribution < 1.29 is 9.53 Å². The Hall–Kier alpha value is -2.25. The van der Waals surface area contributed by atoms with E-state index in [1.807, 2.05) is 48.9 Å². The van der Waals surface area contributed by atoms with Crippen LogP contribution in [0.15, 0.2) is 36.7 Å². The maximum absolute atomic E-state index is 12.3. The second-order valence-electron chi connectivity index (χ2n) is 6.09. The van der Waals surface area contributed by atoms with Gasteiger partial charge in [-0.15, -0.1) is 10.2 Å². The molecule has 2 atom stereocenters. The van der Waals surface area contributed by atoms with Gasteiger partial charge in [-0.25, -0.2) is 0 Å². The predicted octanol–water partition coefficient (Wildman–Crippen LogP) is 1.07. The van der Waals surface area contributed by atoms with Crippen molar-refractivity contribution in [2.75, 3.05) is 26.2 Å². The van der Waals surface area contributed by atoms with Crippen LogP contribution in [0.2, 0.25) is 0 Å². The number of benzene rings is 1. The number of nitrogens with zero attached hydrogens (tertiary/aromatic N) is 4. The zero-order valence-corrected chi connectivity index (χ0v) is 14.1. The highest BCUT2D eigenvalue weighted by atomic mass is 16.5. The molecule has 1 N–H and O–H groups in total. The first-order valence-electron chi connectivity index (χ1n) is 8.15. The Morgan fingerprint density at radius 2 is 2.21 bits per heavy atom. The Kier molecular flexibility index (Phi) is 5.22. The van der Waals surface area contributed by atoms with Crippen molar-refractivity contribution in [2.24, 2.45) is 7.05 Å². The van der Waals surface area contributed by atoms with E-state index in [1.165, 1.54) is 0 Å². The monoisotopic (exact) mass is 329 g/mol. The number of nitrogens with one attached hydrogen (secondary N) is 1. The molecule has 0 bridgehead atoms. The highest BCUT2D eigenvalue weighted by Crippen LogP contribution is 2.19. The van der Waals surface area contributed by atoms with Crippen LogP contribution in [0.25, 0.3) is 0 Å². The average molecular weight is 329 g/mol. The van der Waals surface area contributed by atoms with Gasteiger partial charge >= 0.3 is 0 Å². The van der Waals surface area contributed by atoms with Gasteiger partial charge in [0.1, 0.15) is 12.4 Å². The lowest BCUT2D eigenvalue weighted by atomic mass is 10.1. The molecule has 1 fully saturated rings. The quantitative estimate of drug-likeness (QED) is 0.888. The molecule has 1 aromatic heterocycles. The van der Waals surface area contributed by atoms with Gasteiger partial charge in [-0.05, 0) is 12.5 Å². The molecular weight excluding hydrogens is 306 g/mol. The van der Waals surface area contributed by atoms with E-state index in [2.05, 4.69) is 20.4 Å². The molecule has 1 saturated heterocycles. The van der Waals surface area contributed by atoms with Crippen LogP contribution in [-0.4, -0.2) is 51.8 Å². The molecule has 7 heteroatoms. The van der Waals surface area contributed by atoms with Gasteiger partial charge in [0.25, 0.3) is 0 Å². The Bertz CT molecular complexity index is 673. The highest BCUT2D eigenvalue weighted by Gasteiger charge is 2.26. The van der Waals surface area contributed by atoms with E-state index in [4.69, 9.17) is 4.74 Å². The van der Waals surface area contributed by atoms with E-state index in [0.29, 0.717) is 19.7 Å². The summed E-state index contributed by atoms with van der Waals surface area (Å²) in [6, 6.07) is 9.96. The topological polar surface area (TPSA) is 72.3 Å². The number of ether oxygens (including phenoxy) is 1. The minimum absolute atomic E-state index is 0.00530. The lowest BCUT2D eigenvalue weighted by molar-refractivity contribution is -0.125. The van der Waals surface area contributed by atoms with Gasteiger partial charge in [-0.3, -0.25) is 9.69 Å². The van der Waals surface area contributed by atoms with Crippen LogP contribution in [-0.2, 0) is 16.6 Å². The third-order valence-electron chi connectivity index (χ3n) is 4.23.